The molecule has 1 atom stereocenters. The van der Waals surface area contributed by atoms with E-state index in [0.29, 0.717) is 5.54 Å². The predicted molar refractivity (Wildman–Crippen MR) is 128 cm³/mol. The Morgan fingerprint density at radius 2 is 0.862 bits per heavy atom. The lowest BCUT2D eigenvalue weighted by Crippen LogP contribution is -2.70. The summed E-state index contributed by atoms with van der Waals surface area (Å²) < 4.78 is 0. The summed E-state index contributed by atoms with van der Waals surface area (Å²) in [5.74, 6) is 0. The van der Waals surface area contributed by atoms with Crippen LogP contribution >= 0.6 is 0 Å². The van der Waals surface area contributed by atoms with E-state index in [4.69, 9.17) is 0 Å². The first-order chi connectivity index (χ1) is 14.4. The number of hydrogen-bond acceptors (Lipinski definition) is 0. The maximum absolute atomic E-state index is 2.41. The first-order valence-electron chi connectivity index (χ1n) is 10.2. The summed E-state index contributed by atoms with van der Waals surface area (Å²) in [6, 6.07) is 44.4. The number of hydrogen-bond donors (Lipinski definition) is 0. The van der Waals surface area contributed by atoms with Crippen molar-refractivity contribution in [2.45, 2.75) is 12.5 Å². The Bertz CT molecular complexity index is 942. The van der Waals surface area contributed by atoms with Gasteiger partial charge in [0.25, 0.3) is 0 Å². The van der Waals surface area contributed by atoms with Crippen LogP contribution in [0.5, 0.6) is 0 Å². The maximum atomic E-state index is 2.41. The molecule has 0 saturated heterocycles. The molecule has 0 fully saturated rings. The lowest BCUT2D eigenvalue weighted by Gasteiger charge is -2.40. The molecule has 4 rings (SSSR count). The second kappa shape index (κ2) is 8.89. The van der Waals surface area contributed by atoms with Gasteiger partial charge >= 0.3 is 0 Å². The number of benzene rings is 4. The van der Waals surface area contributed by atoms with Crippen LogP contribution < -0.4 is 15.6 Å². The van der Waals surface area contributed by atoms with E-state index < -0.39 is 8.07 Å². The summed E-state index contributed by atoms with van der Waals surface area (Å²) >= 11 is 0. The van der Waals surface area contributed by atoms with Gasteiger partial charge in [-0.1, -0.05) is 133 Å². The third-order valence-corrected chi connectivity index (χ3v) is 10.9. The van der Waals surface area contributed by atoms with Crippen LogP contribution in [0.25, 0.3) is 0 Å². The van der Waals surface area contributed by atoms with Gasteiger partial charge in [-0.25, -0.2) is 0 Å². The molecule has 0 aromatic heterocycles. The second-order valence-corrected chi connectivity index (χ2v) is 11.3. The first-order valence-corrected chi connectivity index (χ1v) is 12.3. The van der Waals surface area contributed by atoms with E-state index in [2.05, 4.69) is 140 Å². The fourth-order valence-electron chi connectivity index (χ4n) is 4.50. The summed E-state index contributed by atoms with van der Waals surface area (Å²) in [5, 5.41) is 4.30. The largest absolute Gasteiger partial charge is 0.159 e. The van der Waals surface area contributed by atoms with Crippen molar-refractivity contribution in [1.82, 2.24) is 0 Å². The third kappa shape index (κ3) is 3.62. The fourth-order valence-corrected chi connectivity index (χ4v) is 9.91. The molecule has 0 nitrogen and oxygen atoms in total. The van der Waals surface area contributed by atoms with Crippen molar-refractivity contribution >= 4 is 23.6 Å². The average molecular weight is 391 g/mol. The van der Waals surface area contributed by atoms with Crippen LogP contribution in [0.2, 0.25) is 0 Å². The molecule has 0 spiro atoms. The van der Waals surface area contributed by atoms with E-state index >= 15 is 0 Å². The van der Waals surface area contributed by atoms with Crippen molar-refractivity contribution in [3.8, 4) is 0 Å². The third-order valence-electron chi connectivity index (χ3n) is 5.70. The Balaban J connectivity index is 2.13. The molecule has 0 N–H and O–H groups in total. The highest BCUT2D eigenvalue weighted by Gasteiger charge is 2.45. The van der Waals surface area contributed by atoms with Crippen LogP contribution in [0.1, 0.15) is 18.0 Å². The molecule has 4 aromatic rings. The van der Waals surface area contributed by atoms with Gasteiger partial charge in [0.1, 0.15) is 0 Å². The van der Waals surface area contributed by atoms with E-state index in [1.165, 1.54) is 21.1 Å². The summed E-state index contributed by atoms with van der Waals surface area (Å²) in [6.45, 7) is 2.13. The maximum Gasteiger partial charge on any atom is 0.159 e. The monoisotopic (exact) mass is 390 g/mol. The quantitative estimate of drug-likeness (QED) is 0.245. The summed E-state index contributed by atoms with van der Waals surface area (Å²) in [6.07, 6.45) is 4.63. The van der Waals surface area contributed by atoms with Crippen molar-refractivity contribution < 1.29 is 0 Å². The van der Waals surface area contributed by atoms with Crippen molar-refractivity contribution in [3.63, 3.8) is 0 Å². The molecule has 0 aliphatic heterocycles. The predicted octanol–water partition coefficient (Wildman–Crippen LogP) is 5.06. The highest BCUT2D eigenvalue weighted by molar-refractivity contribution is 7.12. The summed E-state index contributed by atoms with van der Waals surface area (Å²) in [4.78, 5) is 0. The van der Waals surface area contributed by atoms with E-state index in [0.717, 1.165) is 0 Å². The van der Waals surface area contributed by atoms with Crippen LogP contribution in [0, 0.1) is 0 Å². The number of rotatable bonds is 6. The van der Waals surface area contributed by atoms with Crippen molar-refractivity contribution in [1.29, 1.82) is 0 Å². The Morgan fingerprint density at radius 1 is 0.517 bits per heavy atom. The van der Waals surface area contributed by atoms with Crippen LogP contribution in [-0.2, 0) is 0 Å². The lowest BCUT2D eigenvalue weighted by molar-refractivity contribution is 1.16. The molecule has 0 saturated carbocycles. The number of allylic oxidation sites excluding steroid dienone is 2. The lowest BCUT2D eigenvalue weighted by atomic mass is 10.1. The van der Waals surface area contributed by atoms with Gasteiger partial charge in [-0.15, -0.1) is 0 Å². The van der Waals surface area contributed by atoms with E-state index in [1.54, 1.807) is 0 Å². The first kappa shape index (κ1) is 19.2. The minimum Gasteiger partial charge on any atom is -0.0913 e. The normalized spacial score (nSPS) is 12.7. The molecular weight excluding hydrogens is 364 g/mol. The molecule has 0 bridgehead atoms. The van der Waals surface area contributed by atoms with Crippen molar-refractivity contribution in [2.24, 2.45) is 0 Å². The fraction of sp³-hybridized carbons (Fsp3) is 0.0714. The van der Waals surface area contributed by atoms with E-state index in [1.807, 2.05) is 0 Å². The SMILES string of the molecule is C/C=C\[C@@H](c1ccccc1)[Si](c1ccccc1)(c1ccccc1)c1ccccc1. The highest BCUT2D eigenvalue weighted by Crippen LogP contribution is 2.29. The Hall–Kier alpha value is -3.16. The van der Waals surface area contributed by atoms with E-state index in [-0.39, 0.29) is 0 Å². The summed E-state index contributed by atoms with van der Waals surface area (Å²) in [5.41, 5.74) is 1.66. The molecule has 4 aromatic carbocycles. The zero-order valence-corrected chi connectivity index (χ0v) is 17.8. The van der Waals surface area contributed by atoms with Gasteiger partial charge in [0.05, 0.1) is 0 Å². The topological polar surface area (TPSA) is 0 Å². The highest BCUT2D eigenvalue weighted by atomic mass is 28.3. The molecule has 0 aliphatic rings. The molecule has 0 radical (unpaired) electrons. The van der Waals surface area contributed by atoms with Gasteiger partial charge in [0.2, 0.25) is 0 Å². The minimum absolute atomic E-state index is 0.293. The second-order valence-electron chi connectivity index (χ2n) is 7.32. The molecule has 0 amide bonds. The van der Waals surface area contributed by atoms with E-state index in [9.17, 15) is 0 Å². The average Bonchev–Trinajstić information content (AvgIpc) is 2.82. The minimum atomic E-state index is -2.40. The van der Waals surface area contributed by atoms with Gasteiger partial charge in [-0.2, -0.15) is 0 Å². The van der Waals surface area contributed by atoms with Crippen LogP contribution in [0.3, 0.4) is 0 Å². The Morgan fingerprint density at radius 3 is 1.21 bits per heavy atom. The molecule has 29 heavy (non-hydrogen) atoms. The Kier molecular flexibility index (Phi) is 5.88. The summed E-state index contributed by atoms with van der Waals surface area (Å²) in [7, 11) is -2.40. The molecule has 142 valence electrons. The molecule has 0 aliphatic carbocycles. The van der Waals surface area contributed by atoms with Crippen LogP contribution in [-0.4, -0.2) is 8.07 Å². The molecule has 0 heterocycles. The van der Waals surface area contributed by atoms with Gasteiger partial charge < -0.3 is 0 Å². The van der Waals surface area contributed by atoms with Gasteiger partial charge in [-0.05, 0) is 28.0 Å². The molecular formula is C28H26Si. The smallest absolute Gasteiger partial charge is 0.0913 e. The van der Waals surface area contributed by atoms with Crippen molar-refractivity contribution in [2.75, 3.05) is 0 Å². The molecule has 0 unspecified atom stereocenters. The van der Waals surface area contributed by atoms with Gasteiger partial charge in [-0.3, -0.25) is 0 Å². The Labute approximate surface area is 175 Å². The van der Waals surface area contributed by atoms with Crippen LogP contribution in [0.4, 0.5) is 0 Å². The standard InChI is InChI=1S/C28H26Si/c1-2-15-28(24-16-7-3-8-17-24)29(25-18-9-4-10-19-25,26-20-11-5-12-21-26)27-22-13-6-14-23-27/h2-23,28H,1H3/b15-2-/t28-/m0/s1. The zero-order chi connectivity index (χ0) is 19.9. The van der Waals surface area contributed by atoms with Crippen molar-refractivity contribution in [3.05, 3.63) is 139 Å². The van der Waals surface area contributed by atoms with Gasteiger partial charge in [0, 0.05) is 5.54 Å². The zero-order valence-electron chi connectivity index (χ0n) is 16.8. The molecule has 1 heteroatoms. The van der Waals surface area contributed by atoms with Crippen LogP contribution in [0.15, 0.2) is 133 Å². The van der Waals surface area contributed by atoms with Gasteiger partial charge in [0.15, 0.2) is 8.07 Å².